The second kappa shape index (κ2) is 10.0. The minimum absolute atomic E-state index is 0.121. The van der Waals surface area contributed by atoms with Gasteiger partial charge in [-0.3, -0.25) is 15.0 Å². The predicted molar refractivity (Wildman–Crippen MR) is 103 cm³/mol. The van der Waals surface area contributed by atoms with Crippen LogP contribution in [0.4, 0.5) is 9.18 Å². The largest absolute Gasteiger partial charge is 0.467 e. The van der Waals surface area contributed by atoms with Gasteiger partial charge in [0.05, 0.1) is 19.4 Å². The summed E-state index contributed by atoms with van der Waals surface area (Å²) in [5, 5.41) is 4.97. The van der Waals surface area contributed by atoms with E-state index in [0.29, 0.717) is 12.3 Å². The lowest BCUT2D eigenvalue weighted by molar-refractivity contribution is -0.122. The van der Waals surface area contributed by atoms with Gasteiger partial charge in [0, 0.05) is 12.6 Å². The highest BCUT2D eigenvalue weighted by molar-refractivity contribution is 5.95. The first-order valence-electron chi connectivity index (χ1n) is 9.69. The van der Waals surface area contributed by atoms with Gasteiger partial charge in [0.15, 0.2) is 0 Å². The first kappa shape index (κ1) is 20.1. The Labute approximate surface area is 164 Å². The number of benzene rings is 1. The van der Waals surface area contributed by atoms with E-state index in [-0.39, 0.29) is 30.9 Å². The zero-order valence-corrected chi connectivity index (χ0v) is 15.8. The summed E-state index contributed by atoms with van der Waals surface area (Å²) in [5.74, 6) is -0.0219. The van der Waals surface area contributed by atoms with Crippen molar-refractivity contribution < 1.29 is 18.4 Å². The van der Waals surface area contributed by atoms with Crippen LogP contribution in [-0.4, -0.2) is 29.4 Å². The molecule has 1 aromatic carbocycles. The van der Waals surface area contributed by atoms with E-state index in [0.717, 1.165) is 31.2 Å². The zero-order valence-electron chi connectivity index (χ0n) is 15.8. The molecule has 28 heavy (non-hydrogen) atoms. The van der Waals surface area contributed by atoms with Gasteiger partial charge in [-0.15, -0.1) is 0 Å². The van der Waals surface area contributed by atoms with E-state index < -0.39 is 6.03 Å². The summed E-state index contributed by atoms with van der Waals surface area (Å²) in [5.41, 5.74) is 0.946. The highest BCUT2D eigenvalue weighted by atomic mass is 19.1. The molecule has 6 nitrogen and oxygen atoms in total. The number of amides is 3. The van der Waals surface area contributed by atoms with Crippen LogP contribution in [0, 0.1) is 5.82 Å². The molecule has 0 saturated heterocycles. The van der Waals surface area contributed by atoms with E-state index in [1.54, 1.807) is 24.3 Å². The Balaban J connectivity index is 1.55. The predicted octanol–water partition coefficient (Wildman–Crippen LogP) is 3.58. The van der Waals surface area contributed by atoms with Gasteiger partial charge in [-0.25, -0.2) is 9.18 Å². The fraction of sp³-hybridized carbons (Fsp3) is 0.429. The molecule has 0 unspecified atom stereocenters. The minimum Gasteiger partial charge on any atom is -0.467 e. The summed E-state index contributed by atoms with van der Waals surface area (Å²) in [7, 11) is 0. The Morgan fingerprint density at radius 1 is 1.11 bits per heavy atom. The van der Waals surface area contributed by atoms with Crippen molar-refractivity contribution in [3.05, 3.63) is 59.8 Å². The fourth-order valence-corrected chi connectivity index (χ4v) is 3.56. The van der Waals surface area contributed by atoms with E-state index in [2.05, 4.69) is 15.5 Å². The Morgan fingerprint density at radius 3 is 2.54 bits per heavy atom. The molecule has 1 aromatic heterocycles. The van der Waals surface area contributed by atoms with Crippen molar-refractivity contribution in [2.24, 2.45) is 0 Å². The third-order valence-corrected chi connectivity index (χ3v) is 4.99. The number of halogens is 1. The van der Waals surface area contributed by atoms with Gasteiger partial charge in [0.25, 0.3) is 0 Å². The first-order valence-corrected chi connectivity index (χ1v) is 9.69. The van der Waals surface area contributed by atoms with Crippen molar-refractivity contribution in [3.63, 3.8) is 0 Å². The summed E-state index contributed by atoms with van der Waals surface area (Å²) in [4.78, 5) is 26.5. The number of hydrogen-bond donors (Lipinski definition) is 2. The second-order valence-electron chi connectivity index (χ2n) is 7.13. The van der Waals surface area contributed by atoms with Crippen molar-refractivity contribution in [1.29, 1.82) is 0 Å². The third-order valence-electron chi connectivity index (χ3n) is 4.99. The van der Waals surface area contributed by atoms with Crippen LogP contribution in [0.5, 0.6) is 0 Å². The maximum Gasteiger partial charge on any atom is 0.321 e. The van der Waals surface area contributed by atoms with Crippen molar-refractivity contribution in [3.8, 4) is 0 Å². The number of carbonyl (C=O) groups is 2. The van der Waals surface area contributed by atoms with E-state index in [9.17, 15) is 14.0 Å². The number of furan rings is 1. The fourth-order valence-electron chi connectivity index (χ4n) is 3.56. The lowest BCUT2D eigenvalue weighted by Crippen LogP contribution is -2.47. The van der Waals surface area contributed by atoms with Gasteiger partial charge in [-0.2, -0.15) is 0 Å². The average molecular weight is 387 g/mol. The molecule has 0 spiro atoms. The topological polar surface area (TPSA) is 74.6 Å². The van der Waals surface area contributed by atoms with Gasteiger partial charge < -0.3 is 9.73 Å². The Morgan fingerprint density at radius 2 is 1.86 bits per heavy atom. The van der Waals surface area contributed by atoms with Crippen molar-refractivity contribution in [2.45, 2.75) is 51.2 Å². The molecular weight excluding hydrogens is 361 g/mol. The molecule has 0 atom stereocenters. The summed E-state index contributed by atoms with van der Waals surface area (Å²) < 4.78 is 18.3. The Kier molecular flexibility index (Phi) is 7.19. The normalized spacial score (nSPS) is 14.8. The smallest absolute Gasteiger partial charge is 0.321 e. The number of rotatable bonds is 7. The van der Waals surface area contributed by atoms with Crippen LogP contribution in [0.2, 0.25) is 0 Å². The summed E-state index contributed by atoms with van der Waals surface area (Å²) in [6.07, 6.45) is 7.06. The molecule has 1 aliphatic rings. The van der Waals surface area contributed by atoms with Crippen molar-refractivity contribution in [1.82, 2.24) is 15.5 Å². The average Bonchev–Trinajstić information content (AvgIpc) is 3.22. The van der Waals surface area contributed by atoms with E-state index in [1.807, 2.05) is 0 Å². The maximum atomic E-state index is 13.2. The summed E-state index contributed by atoms with van der Waals surface area (Å²) in [6, 6.07) is 9.54. The van der Waals surface area contributed by atoms with E-state index in [4.69, 9.17) is 4.42 Å². The number of carbonyl (C=O) groups excluding carboxylic acids is 2. The quantitative estimate of drug-likeness (QED) is 0.762. The molecule has 3 rings (SSSR count). The molecule has 0 radical (unpaired) electrons. The van der Waals surface area contributed by atoms with Crippen LogP contribution in [-0.2, 0) is 17.9 Å². The highest BCUT2D eigenvalue weighted by Gasteiger charge is 2.24. The maximum absolute atomic E-state index is 13.2. The number of urea groups is 1. The first-order chi connectivity index (χ1) is 13.6. The number of nitrogens with one attached hydrogen (secondary N) is 2. The molecule has 1 heterocycles. The summed E-state index contributed by atoms with van der Waals surface area (Å²) in [6.45, 7) is 0.886. The Hall–Kier alpha value is -2.67. The van der Waals surface area contributed by atoms with Crippen LogP contribution in [0.15, 0.2) is 47.1 Å². The van der Waals surface area contributed by atoms with Gasteiger partial charge in [0.2, 0.25) is 5.91 Å². The molecule has 150 valence electrons. The molecule has 3 amide bonds. The molecular formula is C21H26FN3O3. The van der Waals surface area contributed by atoms with Crippen LogP contribution >= 0.6 is 0 Å². The lowest BCUT2D eigenvalue weighted by atomic mass is 9.93. The summed E-state index contributed by atoms with van der Waals surface area (Å²) >= 11 is 0. The van der Waals surface area contributed by atoms with Crippen LogP contribution < -0.4 is 10.6 Å². The number of hydrogen-bond acceptors (Lipinski definition) is 4. The van der Waals surface area contributed by atoms with Gasteiger partial charge >= 0.3 is 6.03 Å². The zero-order chi connectivity index (χ0) is 19.8. The van der Waals surface area contributed by atoms with Crippen LogP contribution in [0.3, 0.4) is 0 Å². The molecule has 2 aromatic rings. The van der Waals surface area contributed by atoms with E-state index >= 15 is 0 Å². The SMILES string of the molecule is O=C(CN(Cc1ccc(F)cc1)C1CCCCC1)NC(=O)NCc1ccco1. The second-order valence-corrected chi connectivity index (χ2v) is 7.13. The minimum atomic E-state index is -0.549. The molecule has 1 saturated carbocycles. The van der Waals surface area contributed by atoms with Crippen molar-refractivity contribution in [2.75, 3.05) is 6.54 Å². The Bertz CT molecular complexity index is 756. The number of imide groups is 1. The standard InChI is InChI=1S/C21H26FN3O3/c22-17-10-8-16(9-11-17)14-25(18-5-2-1-3-6-18)15-20(26)24-21(27)23-13-19-7-4-12-28-19/h4,7-12,18H,1-3,5-6,13-15H2,(H2,23,24,26,27). The van der Waals surface area contributed by atoms with Crippen molar-refractivity contribution >= 4 is 11.9 Å². The highest BCUT2D eigenvalue weighted by Crippen LogP contribution is 2.24. The van der Waals surface area contributed by atoms with Gasteiger partial charge in [-0.1, -0.05) is 31.4 Å². The lowest BCUT2D eigenvalue weighted by Gasteiger charge is -2.33. The molecule has 1 aliphatic carbocycles. The molecule has 0 bridgehead atoms. The van der Waals surface area contributed by atoms with Gasteiger partial charge in [-0.05, 0) is 42.7 Å². The van der Waals surface area contributed by atoms with E-state index in [1.165, 1.54) is 24.8 Å². The molecule has 7 heteroatoms. The van der Waals surface area contributed by atoms with Crippen LogP contribution in [0.1, 0.15) is 43.4 Å². The number of nitrogens with zero attached hydrogens (tertiary/aromatic N) is 1. The monoisotopic (exact) mass is 387 g/mol. The third kappa shape index (κ3) is 6.20. The molecule has 2 N–H and O–H groups in total. The molecule has 0 aliphatic heterocycles. The van der Waals surface area contributed by atoms with Gasteiger partial charge in [0.1, 0.15) is 11.6 Å². The molecule has 1 fully saturated rings. The van der Waals surface area contributed by atoms with Crippen LogP contribution in [0.25, 0.3) is 0 Å².